The fourth-order valence-electron chi connectivity index (χ4n) is 3.17. The summed E-state index contributed by atoms with van der Waals surface area (Å²) in [5, 5.41) is 4.84. The van der Waals surface area contributed by atoms with Crippen LogP contribution in [0.5, 0.6) is 0 Å². The molecule has 2 heterocycles. The van der Waals surface area contributed by atoms with Crippen LogP contribution >= 0.6 is 0 Å². The van der Waals surface area contributed by atoms with Crippen LogP contribution in [0.15, 0.2) is 73.1 Å². The molecule has 8 heteroatoms. The Labute approximate surface area is 170 Å². The predicted octanol–water partition coefficient (Wildman–Crippen LogP) is 5.97. The van der Waals surface area contributed by atoms with E-state index in [1.54, 1.807) is 18.2 Å². The van der Waals surface area contributed by atoms with Crippen molar-refractivity contribution < 1.29 is 18.0 Å². The maximum atomic E-state index is 13.1. The summed E-state index contributed by atoms with van der Waals surface area (Å²) in [6.07, 6.45) is -0.793. The van der Waals surface area contributed by atoms with E-state index in [2.05, 4.69) is 15.6 Å². The molecular formula is C22H17F3N4O. The average molecular weight is 410 g/mol. The summed E-state index contributed by atoms with van der Waals surface area (Å²) in [6, 6.07) is 14.9. The van der Waals surface area contributed by atoms with Gasteiger partial charge in [0, 0.05) is 23.6 Å². The summed E-state index contributed by atoms with van der Waals surface area (Å²) in [5.74, 6) is 0. The zero-order chi connectivity index (χ0) is 21.3. The number of benzene rings is 2. The highest BCUT2D eigenvalue weighted by molar-refractivity contribution is 6.00. The number of nitrogens with one attached hydrogen (secondary N) is 2. The van der Waals surface area contributed by atoms with Gasteiger partial charge in [0.15, 0.2) is 0 Å². The van der Waals surface area contributed by atoms with Gasteiger partial charge in [0.2, 0.25) is 0 Å². The fraction of sp³-hybridized carbons (Fsp3) is 0.0909. The highest BCUT2D eigenvalue weighted by Gasteiger charge is 2.33. The minimum Gasteiger partial charge on any atom is -0.308 e. The number of alkyl halides is 3. The number of amides is 2. The van der Waals surface area contributed by atoms with Crippen molar-refractivity contribution in [3.05, 3.63) is 84.2 Å². The van der Waals surface area contributed by atoms with Gasteiger partial charge in [-0.1, -0.05) is 30.3 Å². The Morgan fingerprint density at radius 2 is 1.80 bits per heavy atom. The van der Waals surface area contributed by atoms with E-state index >= 15 is 0 Å². The molecule has 2 aromatic heterocycles. The Hall–Kier alpha value is -3.81. The fourth-order valence-corrected chi connectivity index (χ4v) is 3.17. The first-order valence-corrected chi connectivity index (χ1v) is 9.10. The molecule has 2 amide bonds. The third-order valence-corrected chi connectivity index (χ3v) is 4.57. The molecule has 4 aromatic rings. The van der Waals surface area contributed by atoms with E-state index in [1.165, 1.54) is 18.2 Å². The van der Waals surface area contributed by atoms with Crippen molar-refractivity contribution in [2.24, 2.45) is 0 Å². The molecule has 0 unspecified atom stereocenters. The average Bonchev–Trinajstić information content (AvgIpc) is 3.13. The largest absolute Gasteiger partial charge is 0.418 e. The van der Waals surface area contributed by atoms with E-state index in [-0.39, 0.29) is 5.69 Å². The standard InChI is InChI=1S/C22H17F3N4O/c1-14-6-5-11-29-13-19(27-20(14)29)15-7-4-8-16(12-15)26-21(30)28-18-10-3-2-9-17(18)22(23,24)25/h2-13H,1H3,(H2,26,28,30). The zero-order valence-corrected chi connectivity index (χ0v) is 15.9. The first-order valence-electron chi connectivity index (χ1n) is 9.10. The molecule has 0 aliphatic carbocycles. The maximum Gasteiger partial charge on any atom is 0.418 e. The Bertz CT molecular complexity index is 1230. The lowest BCUT2D eigenvalue weighted by molar-refractivity contribution is -0.136. The lowest BCUT2D eigenvalue weighted by Crippen LogP contribution is -2.21. The Morgan fingerprint density at radius 1 is 1.00 bits per heavy atom. The molecule has 0 spiro atoms. The summed E-state index contributed by atoms with van der Waals surface area (Å²) in [7, 11) is 0. The van der Waals surface area contributed by atoms with Crippen LogP contribution in [0.25, 0.3) is 16.9 Å². The molecule has 0 aliphatic heterocycles. The lowest BCUT2D eigenvalue weighted by Gasteiger charge is -2.14. The van der Waals surface area contributed by atoms with Crippen molar-refractivity contribution in [1.82, 2.24) is 9.38 Å². The molecule has 5 nitrogen and oxygen atoms in total. The normalized spacial score (nSPS) is 11.5. The number of rotatable bonds is 3. The number of carbonyl (C=O) groups excluding carboxylic acids is 1. The number of halogens is 3. The van der Waals surface area contributed by atoms with Gasteiger partial charge in [0.25, 0.3) is 0 Å². The highest BCUT2D eigenvalue weighted by atomic mass is 19.4. The Morgan fingerprint density at radius 3 is 2.57 bits per heavy atom. The summed E-state index contributed by atoms with van der Waals surface area (Å²) in [5.41, 5.74) is 2.56. The van der Waals surface area contributed by atoms with E-state index in [9.17, 15) is 18.0 Å². The van der Waals surface area contributed by atoms with Gasteiger partial charge in [0.1, 0.15) is 5.65 Å². The number of urea groups is 1. The SMILES string of the molecule is Cc1cccn2cc(-c3cccc(NC(=O)Nc4ccccc4C(F)(F)F)c3)nc12. The third-order valence-electron chi connectivity index (χ3n) is 4.57. The second-order valence-electron chi connectivity index (χ2n) is 6.75. The lowest BCUT2D eigenvalue weighted by atomic mass is 10.1. The number of para-hydroxylation sites is 1. The van der Waals surface area contributed by atoms with Crippen LogP contribution in [-0.4, -0.2) is 15.4 Å². The third kappa shape index (κ3) is 3.98. The summed E-state index contributed by atoms with van der Waals surface area (Å²) < 4.78 is 41.2. The molecule has 0 fully saturated rings. The number of pyridine rings is 1. The maximum absolute atomic E-state index is 13.1. The predicted molar refractivity (Wildman–Crippen MR) is 109 cm³/mol. The van der Waals surface area contributed by atoms with Crippen molar-refractivity contribution in [2.75, 3.05) is 10.6 Å². The van der Waals surface area contributed by atoms with Crippen LogP contribution in [0.1, 0.15) is 11.1 Å². The van der Waals surface area contributed by atoms with E-state index in [0.29, 0.717) is 5.69 Å². The minimum atomic E-state index is -4.56. The van der Waals surface area contributed by atoms with E-state index in [4.69, 9.17) is 0 Å². The van der Waals surface area contributed by atoms with E-state index < -0.39 is 17.8 Å². The smallest absolute Gasteiger partial charge is 0.308 e. The van der Waals surface area contributed by atoms with Gasteiger partial charge in [0.05, 0.1) is 16.9 Å². The molecule has 2 aromatic carbocycles. The van der Waals surface area contributed by atoms with Gasteiger partial charge >= 0.3 is 12.2 Å². The molecule has 0 atom stereocenters. The Balaban J connectivity index is 1.55. The number of hydrogen-bond acceptors (Lipinski definition) is 2. The van der Waals surface area contributed by atoms with Crippen LogP contribution in [0.2, 0.25) is 0 Å². The summed E-state index contributed by atoms with van der Waals surface area (Å²) >= 11 is 0. The van der Waals surface area contributed by atoms with E-state index in [1.807, 2.05) is 41.9 Å². The van der Waals surface area contributed by atoms with Crippen LogP contribution < -0.4 is 10.6 Å². The molecule has 0 saturated heterocycles. The molecule has 4 rings (SSSR count). The van der Waals surface area contributed by atoms with Crippen LogP contribution in [0.4, 0.5) is 29.3 Å². The Kier molecular flexibility index (Phi) is 4.91. The quantitative estimate of drug-likeness (QED) is 0.437. The number of hydrogen-bond donors (Lipinski definition) is 2. The molecule has 30 heavy (non-hydrogen) atoms. The van der Waals surface area contributed by atoms with Gasteiger partial charge in [-0.25, -0.2) is 9.78 Å². The second kappa shape index (κ2) is 7.55. The number of carbonyl (C=O) groups is 1. The molecule has 0 radical (unpaired) electrons. The van der Waals surface area contributed by atoms with Crippen molar-refractivity contribution in [2.45, 2.75) is 13.1 Å². The van der Waals surface area contributed by atoms with Gasteiger partial charge < -0.3 is 15.0 Å². The summed E-state index contributed by atoms with van der Waals surface area (Å²) in [6.45, 7) is 1.97. The molecule has 2 N–H and O–H groups in total. The monoisotopic (exact) mass is 410 g/mol. The van der Waals surface area contributed by atoms with E-state index in [0.717, 1.165) is 28.5 Å². The molecule has 0 saturated carbocycles. The first kappa shape index (κ1) is 19.5. The van der Waals surface area contributed by atoms with Gasteiger partial charge in [-0.05, 0) is 42.8 Å². The highest BCUT2D eigenvalue weighted by Crippen LogP contribution is 2.34. The zero-order valence-electron chi connectivity index (χ0n) is 15.9. The van der Waals surface area contributed by atoms with Crippen LogP contribution in [-0.2, 0) is 6.18 Å². The number of aromatic nitrogens is 2. The van der Waals surface area contributed by atoms with Crippen molar-refractivity contribution in [1.29, 1.82) is 0 Å². The number of imidazole rings is 1. The van der Waals surface area contributed by atoms with Crippen molar-refractivity contribution in [3.63, 3.8) is 0 Å². The van der Waals surface area contributed by atoms with Gasteiger partial charge in [-0.15, -0.1) is 0 Å². The van der Waals surface area contributed by atoms with Crippen molar-refractivity contribution >= 4 is 23.1 Å². The number of fused-ring (bicyclic) bond motifs is 1. The molecule has 152 valence electrons. The van der Waals surface area contributed by atoms with Crippen LogP contribution in [0, 0.1) is 6.92 Å². The van der Waals surface area contributed by atoms with Gasteiger partial charge in [-0.3, -0.25) is 0 Å². The number of anilines is 2. The van der Waals surface area contributed by atoms with Crippen molar-refractivity contribution in [3.8, 4) is 11.3 Å². The number of aryl methyl sites for hydroxylation is 1. The molecule has 0 bridgehead atoms. The topological polar surface area (TPSA) is 58.4 Å². The second-order valence-corrected chi connectivity index (χ2v) is 6.75. The van der Waals surface area contributed by atoms with Gasteiger partial charge in [-0.2, -0.15) is 13.2 Å². The minimum absolute atomic E-state index is 0.311. The van der Waals surface area contributed by atoms with Crippen LogP contribution in [0.3, 0.4) is 0 Å². The molecular weight excluding hydrogens is 393 g/mol. The first-order chi connectivity index (χ1) is 14.3. The molecule has 0 aliphatic rings. The number of nitrogens with zero attached hydrogens (tertiary/aromatic N) is 2. The summed E-state index contributed by atoms with van der Waals surface area (Å²) in [4.78, 5) is 16.9.